The topological polar surface area (TPSA) is 83.0 Å². The van der Waals surface area contributed by atoms with E-state index in [0.29, 0.717) is 37.7 Å². The van der Waals surface area contributed by atoms with Crippen molar-refractivity contribution in [2.75, 3.05) is 40.3 Å². The molecule has 1 aliphatic rings. The molecular formula is C19H27FN4O3. The van der Waals surface area contributed by atoms with Gasteiger partial charge in [0.2, 0.25) is 0 Å². The van der Waals surface area contributed by atoms with Crippen LogP contribution in [0.5, 0.6) is 0 Å². The summed E-state index contributed by atoms with van der Waals surface area (Å²) in [6.07, 6.45) is 0. The summed E-state index contributed by atoms with van der Waals surface area (Å²) >= 11 is 0. The molecule has 0 radical (unpaired) electrons. The Morgan fingerprint density at radius 2 is 2.00 bits per heavy atom. The number of carbonyl (C=O) groups is 2. The molecule has 1 heterocycles. The van der Waals surface area contributed by atoms with Gasteiger partial charge in [0.25, 0.3) is 5.91 Å². The fourth-order valence-electron chi connectivity index (χ4n) is 3.12. The van der Waals surface area contributed by atoms with Crippen molar-refractivity contribution in [1.29, 1.82) is 0 Å². The lowest BCUT2D eigenvalue weighted by atomic mass is 9.99. The molecule has 1 aromatic rings. The first kappa shape index (κ1) is 20.7. The Bertz CT molecular complexity index is 723. The summed E-state index contributed by atoms with van der Waals surface area (Å²) in [5.41, 5.74) is 0.791. The van der Waals surface area contributed by atoms with Gasteiger partial charge in [0.1, 0.15) is 5.82 Å². The van der Waals surface area contributed by atoms with Crippen molar-refractivity contribution in [2.45, 2.75) is 13.8 Å². The van der Waals surface area contributed by atoms with Gasteiger partial charge >= 0.3 is 5.97 Å². The Morgan fingerprint density at radius 1 is 1.30 bits per heavy atom. The fraction of sp³-hybridized carbons (Fsp3) is 0.526. The van der Waals surface area contributed by atoms with E-state index in [0.717, 1.165) is 0 Å². The lowest BCUT2D eigenvalue weighted by Gasteiger charge is -2.21. The monoisotopic (exact) mass is 378 g/mol. The van der Waals surface area contributed by atoms with Crippen molar-refractivity contribution < 1.29 is 18.7 Å². The van der Waals surface area contributed by atoms with Gasteiger partial charge in [0.15, 0.2) is 5.96 Å². The van der Waals surface area contributed by atoms with Crippen LogP contribution in [-0.4, -0.2) is 63.1 Å². The molecule has 0 spiro atoms. The summed E-state index contributed by atoms with van der Waals surface area (Å²) < 4.78 is 18.4. The number of aliphatic imine (C=N–C) groups is 1. The molecule has 0 aromatic heterocycles. The van der Waals surface area contributed by atoms with E-state index in [2.05, 4.69) is 15.6 Å². The zero-order valence-electron chi connectivity index (χ0n) is 16.2. The molecular weight excluding hydrogens is 351 g/mol. The Kier molecular flexibility index (Phi) is 7.15. The fourth-order valence-corrected chi connectivity index (χ4v) is 3.12. The molecule has 2 unspecified atom stereocenters. The van der Waals surface area contributed by atoms with Crippen molar-refractivity contribution in [3.63, 3.8) is 0 Å². The number of rotatable bonds is 5. The highest BCUT2D eigenvalue weighted by molar-refractivity contribution is 5.94. The minimum atomic E-state index is -0.399. The number of likely N-dealkylation sites (tertiary alicyclic amines) is 1. The van der Waals surface area contributed by atoms with Crippen LogP contribution in [0.3, 0.4) is 0 Å². The van der Waals surface area contributed by atoms with E-state index in [1.165, 1.54) is 13.2 Å². The summed E-state index contributed by atoms with van der Waals surface area (Å²) in [5.74, 6) is -0.269. The van der Waals surface area contributed by atoms with E-state index in [1.807, 2.05) is 11.8 Å². The van der Waals surface area contributed by atoms with Crippen molar-refractivity contribution in [1.82, 2.24) is 15.5 Å². The van der Waals surface area contributed by atoms with Gasteiger partial charge in [-0.3, -0.25) is 14.6 Å². The smallest absolute Gasteiger partial charge is 0.310 e. The summed E-state index contributed by atoms with van der Waals surface area (Å²) in [7, 11) is 3.07. The van der Waals surface area contributed by atoms with Crippen molar-refractivity contribution in [2.24, 2.45) is 16.8 Å². The third-order valence-electron chi connectivity index (χ3n) is 4.76. The predicted octanol–water partition coefficient (Wildman–Crippen LogP) is 1.18. The number of nitrogens with one attached hydrogen (secondary N) is 2. The molecule has 7 nitrogen and oxygen atoms in total. The second-order valence-corrected chi connectivity index (χ2v) is 6.71. The largest absolute Gasteiger partial charge is 0.469 e. The number of hydrogen-bond donors (Lipinski definition) is 2. The predicted molar refractivity (Wildman–Crippen MR) is 101 cm³/mol. The molecule has 0 bridgehead atoms. The zero-order valence-corrected chi connectivity index (χ0v) is 16.2. The lowest BCUT2D eigenvalue weighted by molar-refractivity contribution is -0.145. The van der Waals surface area contributed by atoms with Crippen LogP contribution in [0, 0.1) is 24.6 Å². The van der Waals surface area contributed by atoms with E-state index in [4.69, 9.17) is 4.74 Å². The Hall–Kier alpha value is -2.64. The van der Waals surface area contributed by atoms with Crippen LogP contribution in [0.15, 0.2) is 23.2 Å². The molecule has 0 aliphatic carbocycles. The zero-order chi connectivity index (χ0) is 20.0. The quantitative estimate of drug-likeness (QED) is 0.348. The third kappa shape index (κ3) is 5.18. The Balaban J connectivity index is 1.80. The van der Waals surface area contributed by atoms with Gasteiger partial charge in [0, 0.05) is 38.8 Å². The number of nitrogens with zero attached hydrogens (tertiary/aromatic N) is 2. The normalized spacial score (nSPS) is 19.7. The van der Waals surface area contributed by atoms with Gasteiger partial charge in [-0.2, -0.15) is 0 Å². The molecule has 2 N–H and O–H groups in total. The molecule has 1 fully saturated rings. The average Bonchev–Trinajstić information content (AvgIpc) is 3.04. The Morgan fingerprint density at radius 3 is 2.63 bits per heavy atom. The van der Waals surface area contributed by atoms with Gasteiger partial charge in [-0.1, -0.05) is 13.0 Å². The van der Waals surface area contributed by atoms with Crippen molar-refractivity contribution >= 4 is 17.8 Å². The number of methoxy groups -OCH3 is 1. The highest BCUT2D eigenvalue weighted by atomic mass is 19.1. The molecule has 2 rings (SSSR count). The molecule has 2 atom stereocenters. The molecule has 1 aliphatic heterocycles. The molecule has 1 amide bonds. The van der Waals surface area contributed by atoms with Crippen LogP contribution in [0.4, 0.5) is 4.39 Å². The minimum Gasteiger partial charge on any atom is -0.469 e. The van der Waals surface area contributed by atoms with Crippen molar-refractivity contribution in [3.8, 4) is 0 Å². The standard InChI is InChI=1S/C19H27FN4O3/c1-12-5-6-14(9-16(12)20)17(25)22-7-8-23-19(21-3)24-10-13(2)15(11-24)18(26)27-4/h5-6,9,13,15H,7-8,10-11H2,1-4H3,(H,21,23)(H,22,25). The van der Waals surface area contributed by atoms with Crippen LogP contribution in [-0.2, 0) is 9.53 Å². The summed E-state index contributed by atoms with van der Waals surface area (Å²) in [6, 6.07) is 4.41. The van der Waals surface area contributed by atoms with Crippen LogP contribution in [0.2, 0.25) is 0 Å². The number of hydrogen-bond acceptors (Lipinski definition) is 4. The third-order valence-corrected chi connectivity index (χ3v) is 4.76. The number of benzene rings is 1. The second kappa shape index (κ2) is 9.34. The van der Waals surface area contributed by atoms with Crippen LogP contribution < -0.4 is 10.6 Å². The number of guanidine groups is 1. The number of amides is 1. The maximum atomic E-state index is 13.6. The SMILES string of the molecule is CN=C(NCCNC(=O)c1ccc(C)c(F)c1)N1CC(C)C(C(=O)OC)C1. The Labute approximate surface area is 159 Å². The highest BCUT2D eigenvalue weighted by Gasteiger charge is 2.36. The number of ether oxygens (including phenoxy) is 1. The molecule has 8 heteroatoms. The van der Waals surface area contributed by atoms with Gasteiger partial charge in [-0.15, -0.1) is 0 Å². The first-order valence-electron chi connectivity index (χ1n) is 8.95. The van der Waals surface area contributed by atoms with Gasteiger partial charge < -0.3 is 20.3 Å². The summed E-state index contributed by atoms with van der Waals surface area (Å²) in [5, 5.41) is 5.92. The molecule has 1 aromatic carbocycles. The average molecular weight is 378 g/mol. The maximum absolute atomic E-state index is 13.6. The minimum absolute atomic E-state index is 0.173. The second-order valence-electron chi connectivity index (χ2n) is 6.71. The van der Waals surface area contributed by atoms with E-state index >= 15 is 0 Å². The van der Waals surface area contributed by atoms with E-state index in [9.17, 15) is 14.0 Å². The van der Waals surface area contributed by atoms with Gasteiger partial charge in [-0.05, 0) is 30.5 Å². The first-order chi connectivity index (χ1) is 12.9. The maximum Gasteiger partial charge on any atom is 0.310 e. The highest BCUT2D eigenvalue weighted by Crippen LogP contribution is 2.23. The van der Waals surface area contributed by atoms with Crippen molar-refractivity contribution in [3.05, 3.63) is 35.1 Å². The molecule has 1 saturated heterocycles. The van der Waals surface area contributed by atoms with Crippen LogP contribution in [0.1, 0.15) is 22.8 Å². The van der Waals surface area contributed by atoms with Gasteiger partial charge in [0.05, 0.1) is 13.0 Å². The van der Waals surface area contributed by atoms with E-state index in [1.54, 1.807) is 26.1 Å². The molecule has 27 heavy (non-hydrogen) atoms. The lowest BCUT2D eigenvalue weighted by Crippen LogP contribution is -2.43. The van der Waals surface area contributed by atoms with E-state index in [-0.39, 0.29) is 29.3 Å². The first-order valence-corrected chi connectivity index (χ1v) is 8.95. The number of esters is 1. The number of halogens is 1. The van der Waals surface area contributed by atoms with Crippen LogP contribution in [0.25, 0.3) is 0 Å². The van der Waals surface area contributed by atoms with E-state index < -0.39 is 5.82 Å². The molecule has 0 saturated carbocycles. The van der Waals surface area contributed by atoms with Gasteiger partial charge in [-0.25, -0.2) is 4.39 Å². The van der Waals surface area contributed by atoms with Crippen LogP contribution >= 0.6 is 0 Å². The summed E-state index contributed by atoms with van der Waals surface area (Å²) in [6.45, 7) is 5.72. The molecule has 148 valence electrons. The number of carbonyl (C=O) groups excluding carboxylic acids is 2. The number of aryl methyl sites for hydroxylation is 1. The summed E-state index contributed by atoms with van der Waals surface area (Å²) in [4.78, 5) is 30.1.